The minimum absolute atomic E-state index is 0.0610. The fourth-order valence-corrected chi connectivity index (χ4v) is 3.64. The van der Waals surface area contributed by atoms with Gasteiger partial charge in [-0.2, -0.15) is 0 Å². The average molecular weight is 287 g/mol. The van der Waals surface area contributed by atoms with Crippen LogP contribution in [0.25, 0.3) is 0 Å². The fraction of sp³-hybridized carbons (Fsp3) is 0.588. The van der Waals surface area contributed by atoms with E-state index < -0.39 is 0 Å². The zero-order chi connectivity index (χ0) is 15.0. The van der Waals surface area contributed by atoms with Gasteiger partial charge in [0.1, 0.15) is 6.04 Å². The first-order valence-corrected chi connectivity index (χ1v) is 8.06. The first kappa shape index (κ1) is 14.4. The molecule has 4 heteroatoms. The number of nitrogens with zero attached hydrogens (tertiary/aromatic N) is 1. The van der Waals surface area contributed by atoms with Crippen LogP contribution in [0, 0.1) is 5.92 Å². The van der Waals surface area contributed by atoms with Crippen LogP contribution in [0.15, 0.2) is 18.2 Å². The fourth-order valence-electron chi connectivity index (χ4n) is 3.64. The normalized spacial score (nSPS) is 24.6. The second-order valence-electron chi connectivity index (χ2n) is 6.40. The third-order valence-corrected chi connectivity index (χ3v) is 4.68. The van der Waals surface area contributed by atoms with Gasteiger partial charge in [-0.1, -0.05) is 26.8 Å². The molecule has 1 amide bonds. The van der Waals surface area contributed by atoms with Crippen LogP contribution in [-0.2, 0) is 4.79 Å². The van der Waals surface area contributed by atoms with Crippen molar-refractivity contribution >= 4 is 17.3 Å². The third-order valence-electron chi connectivity index (χ3n) is 4.68. The summed E-state index contributed by atoms with van der Waals surface area (Å²) < 4.78 is 0. The molecular formula is C17H25N3O. The van der Waals surface area contributed by atoms with E-state index in [1.54, 1.807) is 0 Å². The summed E-state index contributed by atoms with van der Waals surface area (Å²) in [5.74, 6) is 0.718. The van der Waals surface area contributed by atoms with Crippen molar-refractivity contribution in [1.29, 1.82) is 0 Å². The van der Waals surface area contributed by atoms with E-state index in [0.29, 0.717) is 12.0 Å². The van der Waals surface area contributed by atoms with Crippen LogP contribution in [0.3, 0.4) is 0 Å². The summed E-state index contributed by atoms with van der Waals surface area (Å²) in [6.45, 7) is 8.52. The molecule has 114 valence electrons. The smallest absolute Gasteiger partial charge is 0.246 e. The Hall–Kier alpha value is -1.55. The molecule has 0 aromatic heterocycles. The van der Waals surface area contributed by atoms with E-state index in [0.717, 1.165) is 24.3 Å². The Balaban J connectivity index is 1.88. The van der Waals surface area contributed by atoms with E-state index in [1.165, 1.54) is 18.5 Å². The predicted octanol–water partition coefficient (Wildman–Crippen LogP) is 2.91. The summed E-state index contributed by atoms with van der Waals surface area (Å²) in [5.41, 5.74) is 3.28. The number of carbonyl (C=O) groups is 1. The van der Waals surface area contributed by atoms with Crippen LogP contribution in [0.4, 0.5) is 11.4 Å². The number of hydrogen-bond acceptors (Lipinski definition) is 3. The van der Waals surface area contributed by atoms with E-state index in [2.05, 4.69) is 47.6 Å². The predicted molar refractivity (Wildman–Crippen MR) is 86.7 cm³/mol. The molecule has 2 aliphatic heterocycles. The Morgan fingerprint density at radius 1 is 1.43 bits per heavy atom. The van der Waals surface area contributed by atoms with Crippen molar-refractivity contribution in [3.63, 3.8) is 0 Å². The van der Waals surface area contributed by atoms with Gasteiger partial charge in [-0.05, 0) is 37.4 Å². The number of fused-ring (bicyclic) bond motifs is 1. The minimum Gasteiger partial charge on any atom is -0.368 e. The average Bonchev–Trinajstić information content (AvgIpc) is 3.04. The van der Waals surface area contributed by atoms with Gasteiger partial charge < -0.3 is 15.5 Å². The van der Waals surface area contributed by atoms with Crippen LogP contribution in [0.2, 0.25) is 0 Å². The summed E-state index contributed by atoms with van der Waals surface area (Å²) in [6, 6.07) is 6.84. The highest BCUT2D eigenvalue weighted by Crippen LogP contribution is 2.37. The van der Waals surface area contributed by atoms with Crippen LogP contribution in [0.1, 0.15) is 45.2 Å². The maximum absolute atomic E-state index is 12.0. The van der Waals surface area contributed by atoms with Gasteiger partial charge in [0.25, 0.3) is 0 Å². The zero-order valence-electron chi connectivity index (χ0n) is 13.1. The number of nitrogens with one attached hydrogen (secondary N) is 2. The van der Waals surface area contributed by atoms with E-state index in [4.69, 9.17) is 0 Å². The molecule has 2 unspecified atom stereocenters. The molecule has 2 aliphatic rings. The quantitative estimate of drug-likeness (QED) is 0.895. The Morgan fingerprint density at radius 3 is 2.95 bits per heavy atom. The lowest BCUT2D eigenvalue weighted by molar-refractivity contribution is -0.117. The number of benzene rings is 1. The summed E-state index contributed by atoms with van der Waals surface area (Å²) in [5, 5.41) is 6.25. The van der Waals surface area contributed by atoms with Crippen molar-refractivity contribution in [3.8, 4) is 0 Å². The highest BCUT2D eigenvalue weighted by molar-refractivity contribution is 6.03. The van der Waals surface area contributed by atoms with Crippen molar-refractivity contribution in [2.24, 2.45) is 5.92 Å². The molecule has 4 nitrogen and oxygen atoms in total. The molecule has 2 N–H and O–H groups in total. The number of carbonyl (C=O) groups excluding carboxylic acids is 1. The summed E-state index contributed by atoms with van der Waals surface area (Å²) >= 11 is 0. The Labute approximate surface area is 126 Å². The van der Waals surface area contributed by atoms with Crippen LogP contribution >= 0.6 is 0 Å². The maximum Gasteiger partial charge on any atom is 0.246 e. The van der Waals surface area contributed by atoms with Gasteiger partial charge in [0.15, 0.2) is 0 Å². The van der Waals surface area contributed by atoms with E-state index in [-0.39, 0.29) is 11.9 Å². The Bertz CT molecular complexity index is 541. The standard InChI is InChI=1S/C17H25N3O/c1-4-18-16-13-8-7-12(10-14(13)19-17(16)21)20-9-5-6-15(20)11(2)3/h7-8,10-11,15-16,18H,4-6,9H2,1-3H3,(H,19,21). The zero-order valence-corrected chi connectivity index (χ0v) is 13.1. The summed E-state index contributed by atoms with van der Waals surface area (Å²) in [4.78, 5) is 14.5. The van der Waals surface area contributed by atoms with E-state index >= 15 is 0 Å². The Kier molecular flexibility index (Phi) is 3.89. The van der Waals surface area contributed by atoms with Gasteiger partial charge in [0.2, 0.25) is 5.91 Å². The lowest BCUT2D eigenvalue weighted by Gasteiger charge is -2.30. The topological polar surface area (TPSA) is 44.4 Å². The van der Waals surface area contributed by atoms with Crippen LogP contribution in [0.5, 0.6) is 0 Å². The lowest BCUT2D eigenvalue weighted by atomic mass is 10.0. The molecule has 0 aliphatic carbocycles. The molecule has 1 fully saturated rings. The molecule has 0 bridgehead atoms. The van der Waals surface area contributed by atoms with E-state index in [9.17, 15) is 4.79 Å². The number of anilines is 2. The van der Waals surface area contributed by atoms with Crippen molar-refractivity contribution in [3.05, 3.63) is 23.8 Å². The summed E-state index contributed by atoms with van der Waals surface area (Å²) in [7, 11) is 0. The van der Waals surface area contributed by atoms with Gasteiger partial charge in [0.05, 0.1) is 0 Å². The SMILES string of the molecule is CCNC1C(=O)Nc2cc(N3CCCC3C(C)C)ccc21. The lowest BCUT2D eigenvalue weighted by Crippen LogP contribution is -2.33. The molecule has 1 aromatic carbocycles. The molecule has 3 rings (SSSR count). The second-order valence-corrected chi connectivity index (χ2v) is 6.40. The van der Waals surface area contributed by atoms with Crippen LogP contribution in [-0.4, -0.2) is 25.0 Å². The van der Waals surface area contributed by atoms with Gasteiger partial charge in [-0.3, -0.25) is 4.79 Å². The van der Waals surface area contributed by atoms with Gasteiger partial charge in [-0.25, -0.2) is 0 Å². The minimum atomic E-state index is -0.196. The molecule has 21 heavy (non-hydrogen) atoms. The highest BCUT2D eigenvalue weighted by Gasteiger charge is 2.32. The van der Waals surface area contributed by atoms with Crippen molar-refractivity contribution in [2.45, 2.75) is 45.7 Å². The van der Waals surface area contributed by atoms with Crippen LogP contribution < -0.4 is 15.5 Å². The number of hydrogen-bond donors (Lipinski definition) is 2. The van der Waals surface area contributed by atoms with Gasteiger partial charge in [0, 0.05) is 29.5 Å². The van der Waals surface area contributed by atoms with E-state index in [1.807, 2.05) is 6.92 Å². The van der Waals surface area contributed by atoms with Gasteiger partial charge in [-0.15, -0.1) is 0 Å². The third kappa shape index (κ3) is 2.53. The molecule has 0 saturated carbocycles. The summed E-state index contributed by atoms with van der Waals surface area (Å²) in [6.07, 6.45) is 2.52. The molecule has 0 radical (unpaired) electrons. The number of amides is 1. The largest absolute Gasteiger partial charge is 0.368 e. The second kappa shape index (κ2) is 5.68. The monoisotopic (exact) mass is 287 g/mol. The first-order chi connectivity index (χ1) is 10.1. The first-order valence-electron chi connectivity index (χ1n) is 8.06. The molecule has 0 spiro atoms. The number of rotatable bonds is 4. The van der Waals surface area contributed by atoms with Crippen molar-refractivity contribution < 1.29 is 4.79 Å². The molecule has 2 heterocycles. The maximum atomic E-state index is 12.0. The highest BCUT2D eigenvalue weighted by atomic mass is 16.2. The Morgan fingerprint density at radius 2 is 2.24 bits per heavy atom. The molecule has 1 saturated heterocycles. The molecular weight excluding hydrogens is 262 g/mol. The number of likely N-dealkylation sites (N-methyl/N-ethyl adjacent to an activating group) is 1. The molecule has 2 atom stereocenters. The molecule has 1 aromatic rings. The van der Waals surface area contributed by atoms with Crippen molar-refractivity contribution in [2.75, 3.05) is 23.3 Å². The van der Waals surface area contributed by atoms with Gasteiger partial charge >= 0.3 is 0 Å². The van der Waals surface area contributed by atoms with Crippen molar-refractivity contribution in [1.82, 2.24) is 5.32 Å².